The Balaban J connectivity index is 1.36. The van der Waals surface area contributed by atoms with Crippen molar-refractivity contribution in [1.29, 1.82) is 0 Å². The lowest BCUT2D eigenvalue weighted by Gasteiger charge is -2.33. The number of H-pyrrole nitrogens is 1. The van der Waals surface area contributed by atoms with Gasteiger partial charge in [0, 0.05) is 30.6 Å². The fourth-order valence-corrected chi connectivity index (χ4v) is 4.05. The third-order valence-electron chi connectivity index (χ3n) is 5.47. The summed E-state index contributed by atoms with van der Waals surface area (Å²) >= 11 is 0. The molecule has 3 aromatic rings. The molecule has 1 fully saturated rings. The summed E-state index contributed by atoms with van der Waals surface area (Å²) in [6, 6.07) is 7.29. The predicted molar refractivity (Wildman–Crippen MR) is 104 cm³/mol. The zero-order valence-corrected chi connectivity index (χ0v) is 16.2. The molecule has 1 amide bonds. The van der Waals surface area contributed by atoms with Crippen LogP contribution in [0.15, 0.2) is 35.0 Å². The first-order valence-electron chi connectivity index (χ1n) is 9.85. The topological polar surface area (TPSA) is 93.5 Å². The van der Waals surface area contributed by atoms with E-state index in [1.807, 2.05) is 24.0 Å². The Morgan fingerprint density at radius 1 is 1.21 bits per heavy atom. The molecule has 150 valence electrons. The van der Waals surface area contributed by atoms with Crippen LogP contribution in [0.5, 0.6) is 11.5 Å². The van der Waals surface area contributed by atoms with Gasteiger partial charge in [0.1, 0.15) is 13.2 Å². The third-order valence-corrected chi connectivity index (χ3v) is 5.47. The van der Waals surface area contributed by atoms with Gasteiger partial charge in [0.25, 0.3) is 5.91 Å². The fraction of sp³-hybridized carbons (Fsp3) is 0.381. The number of hydrogen-bond acceptors (Lipinski definition) is 6. The number of carbonyl (C=O) groups excluding carboxylic acids is 1. The van der Waals surface area contributed by atoms with Gasteiger partial charge in [0.2, 0.25) is 0 Å². The zero-order chi connectivity index (χ0) is 19.8. The number of aryl methyl sites for hydroxylation is 1. The largest absolute Gasteiger partial charge is 0.486 e. The number of benzene rings is 1. The van der Waals surface area contributed by atoms with Crippen LogP contribution in [-0.4, -0.2) is 52.5 Å². The smallest absolute Gasteiger partial charge is 0.254 e. The molecule has 0 radical (unpaired) electrons. The number of aromatic amines is 1. The van der Waals surface area contributed by atoms with E-state index in [-0.39, 0.29) is 11.8 Å². The van der Waals surface area contributed by atoms with E-state index in [4.69, 9.17) is 14.0 Å². The maximum Gasteiger partial charge on any atom is 0.254 e. The molecule has 1 atom stereocenters. The summed E-state index contributed by atoms with van der Waals surface area (Å²) in [6.07, 6.45) is 3.67. The fourth-order valence-electron chi connectivity index (χ4n) is 4.05. The maximum absolute atomic E-state index is 13.1. The number of nitrogens with zero attached hydrogens (tertiary/aromatic N) is 3. The summed E-state index contributed by atoms with van der Waals surface area (Å²) in [4.78, 5) is 15.0. The molecule has 1 aromatic carbocycles. The minimum atomic E-state index is 0.00301. The molecule has 4 heterocycles. The van der Waals surface area contributed by atoms with Gasteiger partial charge in [-0.2, -0.15) is 5.10 Å². The van der Waals surface area contributed by atoms with Gasteiger partial charge in [-0.05, 0) is 38.0 Å². The molecule has 0 unspecified atom stereocenters. The molecule has 29 heavy (non-hydrogen) atoms. The van der Waals surface area contributed by atoms with Crippen LogP contribution < -0.4 is 9.47 Å². The Labute approximate surface area is 167 Å². The second-order valence-corrected chi connectivity index (χ2v) is 7.48. The maximum atomic E-state index is 13.1. The first-order valence-corrected chi connectivity index (χ1v) is 9.85. The van der Waals surface area contributed by atoms with Crippen molar-refractivity contribution < 1.29 is 18.8 Å². The van der Waals surface area contributed by atoms with Gasteiger partial charge < -0.3 is 18.9 Å². The number of likely N-dealkylation sites (tertiary alicyclic amines) is 1. The number of fused-ring (bicyclic) bond motifs is 1. The van der Waals surface area contributed by atoms with Crippen LogP contribution in [0.4, 0.5) is 0 Å². The minimum Gasteiger partial charge on any atom is -0.486 e. The van der Waals surface area contributed by atoms with Crippen LogP contribution in [0.3, 0.4) is 0 Å². The molecule has 1 saturated heterocycles. The number of carbonyl (C=O) groups is 1. The molecule has 5 rings (SSSR count). The highest BCUT2D eigenvalue weighted by Gasteiger charge is 2.29. The predicted octanol–water partition coefficient (Wildman–Crippen LogP) is 3.16. The quantitative estimate of drug-likeness (QED) is 0.733. The molecule has 0 bridgehead atoms. The van der Waals surface area contributed by atoms with Crippen molar-refractivity contribution in [2.75, 3.05) is 26.3 Å². The third kappa shape index (κ3) is 3.35. The van der Waals surface area contributed by atoms with Crippen molar-refractivity contribution in [1.82, 2.24) is 20.3 Å². The number of ether oxygens (including phenoxy) is 2. The van der Waals surface area contributed by atoms with Gasteiger partial charge in [-0.3, -0.25) is 9.89 Å². The number of hydrogen-bond donors (Lipinski definition) is 1. The number of nitrogens with one attached hydrogen (secondary N) is 1. The van der Waals surface area contributed by atoms with E-state index in [2.05, 4.69) is 15.4 Å². The monoisotopic (exact) mass is 394 g/mol. The molecule has 2 aliphatic heterocycles. The van der Waals surface area contributed by atoms with Gasteiger partial charge in [0.15, 0.2) is 17.3 Å². The highest BCUT2D eigenvalue weighted by Crippen LogP contribution is 2.35. The number of aromatic nitrogens is 3. The van der Waals surface area contributed by atoms with Crippen LogP contribution in [-0.2, 0) is 0 Å². The molecular formula is C21H22N4O4. The molecule has 0 saturated carbocycles. The molecule has 2 aliphatic rings. The van der Waals surface area contributed by atoms with E-state index in [0.717, 1.165) is 36.3 Å². The van der Waals surface area contributed by atoms with Gasteiger partial charge in [-0.25, -0.2) is 0 Å². The Hall–Kier alpha value is -3.29. The second kappa shape index (κ2) is 7.27. The molecular weight excluding hydrogens is 372 g/mol. The van der Waals surface area contributed by atoms with E-state index in [0.29, 0.717) is 42.6 Å². The Bertz CT molecular complexity index is 1040. The molecule has 8 nitrogen and oxygen atoms in total. The lowest BCUT2D eigenvalue weighted by Crippen LogP contribution is -2.39. The summed E-state index contributed by atoms with van der Waals surface area (Å²) < 4.78 is 16.6. The standard InChI is InChI=1S/C21H22N4O4/c1-13-9-18(29-24-13)16-11-22-23-20(16)15-3-2-6-25(12-15)21(26)14-4-5-17-19(10-14)28-8-7-27-17/h4-5,9-11,15H,2-3,6-8,12H2,1H3,(H,22,23)/t15-/m1/s1. The number of piperidine rings is 1. The second-order valence-electron chi connectivity index (χ2n) is 7.48. The van der Waals surface area contributed by atoms with Crippen LogP contribution in [0.1, 0.15) is 40.5 Å². The zero-order valence-electron chi connectivity index (χ0n) is 16.2. The van der Waals surface area contributed by atoms with Crippen LogP contribution in [0.25, 0.3) is 11.3 Å². The Morgan fingerprint density at radius 2 is 2.07 bits per heavy atom. The Kier molecular flexibility index (Phi) is 4.46. The molecule has 1 N–H and O–H groups in total. The summed E-state index contributed by atoms with van der Waals surface area (Å²) in [5.74, 6) is 2.18. The lowest BCUT2D eigenvalue weighted by molar-refractivity contribution is 0.0705. The summed E-state index contributed by atoms with van der Waals surface area (Å²) in [6.45, 7) is 4.27. The highest BCUT2D eigenvalue weighted by molar-refractivity contribution is 5.95. The van der Waals surface area contributed by atoms with Crippen molar-refractivity contribution in [3.05, 3.63) is 47.4 Å². The normalized spacial score (nSPS) is 18.7. The lowest BCUT2D eigenvalue weighted by atomic mass is 9.91. The van der Waals surface area contributed by atoms with Crippen LogP contribution in [0.2, 0.25) is 0 Å². The summed E-state index contributed by atoms with van der Waals surface area (Å²) in [7, 11) is 0. The minimum absolute atomic E-state index is 0.00301. The van der Waals surface area contributed by atoms with Crippen molar-refractivity contribution >= 4 is 5.91 Å². The molecule has 2 aromatic heterocycles. The molecule has 0 spiro atoms. The van der Waals surface area contributed by atoms with E-state index in [9.17, 15) is 4.79 Å². The van der Waals surface area contributed by atoms with Crippen molar-refractivity contribution in [3.8, 4) is 22.8 Å². The van der Waals surface area contributed by atoms with Gasteiger partial charge in [-0.15, -0.1) is 0 Å². The van der Waals surface area contributed by atoms with Crippen molar-refractivity contribution in [3.63, 3.8) is 0 Å². The molecule has 8 heteroatoms. The number of amides is 1. The Morgan fingerprint density at radius 3 is 2.90 bits per heavy atom. The van der Waals surface area contributed by atoms with Crippen LogP contribution >= 0.6 is 0 Å². The summed E-state index contributed by atoms with van der Waals surface area (Å²) in [5.41, 5.74) is 3.34. The summed E-state index contributed by atoms with van der Waals surface area (Å²) in [5, 5.41) is 11.3. The van der Waals surface area contributed by atoms with Gasteiger partial charge >= 0.3 is 0 Å². The average Bonchev–Trinajstić information content (AvgIpc) is 3.42. The highest BCUT2D eigenvalue weighted by atomic mass is 16.6. The first-order chi connectivity index (χ1) is 14.2. The van der Waals surface area contributed by atoms with Crippen molar-refractivity contribution in [2.24, 2.45) is 0 Å². The van der Waals surface area contributed by atoms with E-state index in [1.165, 1.54) is 0 Å². The average molecular weight is 394 g/mol. The molecule has 0 aliphatic carbocycles. The SMILES string of the molecule is Cc1cc(-c2cn[nH]c2[C@@H]2CCCN(C(=O)c3ccc4c(c3)OCCO4)C2)on1. The first kappa shape index (κ1) is 17.8. The van der Waals surface area contributed by atoms with Crippen LogP contribution in [0, 0.1) is 6.92 Å². The van der Waals surface area contributed by atoms with Gasteiger partial charge in [-0.1, -0.05) is 5.16 Å². The van der Waals surface area contributed by atoms with Gasteiger partial charge in [0.05, 0.1) is 23.1 Å². The van der Waals surface area contributed by atoms with E-state index < -0.39 is 0 Å². The van der Waals surface area contributed by atoms with Crippen molar-refractivity contribution in [2.45, 2.75) is 25.7 Å². The van der Waals surface area contributed by atoms with E-state index >= 15 is 0 Å². The van der Waals surface area contributed by atoms with E-state index in [1.54, 1.807) is 18.3 Å². The number of rotatable bonds is 3.